The minimum Gasteiger partial charge on any atom is -0.303 e. The van der Waals surface area contributed by atoms with E-state index in [2.05, 4.69) is 61.7 Å². The number of likely N-dealkylation sites (N-methyl/N-ethyl adjacent to an activating group) is 1. The van der Waals surface area contributed by atoms with Gasteiger partial charge in [0, 0.05) is 12.5 Å². The lowest BCUT2D eigenvalue weighted by Gasteiger charge is -2.24. The van der Waals surface area contributed by atoms with Crippen molar-refractivity contribution < 1.29 is 0 Å². The molecular weight excluding hydrogens is 202 g/mol. The zero-order valence-electron chi connectivity index (χ0n) is 9.69. The largest absolute Gasteiger partial charge is 0.303 e. The smallest absolute Gasteiger partial charge is 0.00579 e. The molecule has 1 aromatic carbocycles. The van der Waals surface area contributed by atoms with Crippen LogP contribution in [0.2, 0.25) is 0 Å². The van der Waals surface area contributed by atoms with E-state index in [1.165, 1.54) is 5.56 Å². The zero-order chi connectivity index (χ0) is 11.1. The van der Waals surface area contributed by atoms with Gasteiger partial charge in [0.15, 0.2) is 0 Å². The van der Waals surface area contributed by atoms with Gasteiger partial charge in [-0.05, 0) is 24.4 Å². The van der Waals surface area contributed by atoms with E-state index in [1.807, 2.05) is 0 Å². The molecule has 15 heavy (non-hydrogen) atoms. The Hall–Kier alpha value is -0.470. The van der Waals surface area contributed by atoms with Crippen molar-refractivity contribution in [3.63, 3.8) is 0 Å². The summed E-state index contributed by atoms with van der Waals surface area (Å²) in [5.74, 6) is 1.47. The molecule has 0 saturated carbocycles. The molecule has 1 atom stereocenters. The molecule has 84 valence electrons. The molecule has 0 spiro atoms. The molecule has 0 fully saturated rings. The summed E-state index contributed by atoms with van der Waals surface area (Å²) in [6.07, 6.45) is 0. The van der Waals surface area contributed by atoms with Crippen molar-refractivity contribution in [2.45, 2.75) is 19.8 Å². The minimum absolute atomic E-state index is 0.550. The van der Waals surface area contributed by atoms with Gasteiger partial charge in [0.05, 0.1) is 0 Å². The molecule has 0 amide bonds. The van der Waals surface area contributed by atoms with Crippen molar-refractivity contribution in [3.05, 3.63) is 35.9 Å². The van der Waals surface area contributed by atoms with Crippen LogP contribution in [0.1, 0.15) is 25.3 Å². The highest BCUT2D eigenvalue weighted by Crippen LogP contribution is 2.18. The molecule has 0 heterocycles. The van der Waals surface area contributed by atoms with Crippen LogP contribution >= 0.6 is 12.6 Å². The van der Waals surface area contributed by atoms with Crippen LogP contribution < -0.4 is 0 Å². The molecule has 0 aliphatic carbocycles. The summed E-state index contributed by atoms with van der Waals surface area (Å²) in [5, 5.41) is 0. The van der Waals surface area contributed by atoms with Crippen molar-refractivity contribution >= 4 is 12.6 Å². The third kappa shape index (κ3) is 3.88. The molecule has 1 aromatic rings. The fourth-order valence-electron chi connectivity index (χ4n) is 1.79. The normalized spacial score (nSPS) is 13.1. The van der Waals surface area contributed by atoms with Gasteiger partial charge < -0.3 is 4.90 Å². The van der Waals surface area contributed by atoms with Gasteiger partial charge >= 0.3 is 0 Å². The second-order valence-electron chi connectivity index (χ2n) is 3.78. The Kier molecular flexibility index (Phi) is 5.81. The lowest BCUT2D eigenvalue weighted by molar-refractivity contribution is 0.290. The zero-order valence-corrected chi connectivity index (χ0v) is 10.6. The van der Waals surface area contributed by atoms with Crippen molar-refractivity contribution in [1.82, 2.24) is 4.90 Å². The third-order valence-corrected chi connectivity index (χ3v) is 3.31. The summed E-state index contributed by atoms with van der Waals surface area (Å²) in [6.45, 7) is 7.77. The first-order valence-electron chi connectivity index (χ1n) is 5.69. The van der Waals surface area contributed by atoms with Crippen LogP contribution in [-0.4, -0.2) is 30.3 Å². The predicted molar refractivity (Wildman–Crippen MR) is 70.8 cm³/mol. The Labute approximate surface area is 98.9 Å². The summed E-state index contributed by atoms with van der Waals surface area (Å²) < 4.78 is 0. The number of rotatable bonds is 6. The Morgan fingerprint density at radius 3 is 2.20 bits per heavy atom. The standard InChI is InChI=1S/C13H21NS/c1-3-14(4-2)10-13(11-15)12-8-6-5-7-9-12/h5-9,13,15H,3-4,10-11H2,1-2H3. The highest BCUT2D eigenvalue weighted by atomic mass is 32.1. The maximum atomic E-state index is 4.45. The third-order valence-electron chi connectivity index (χ3n) is 2.86. The lowest BCUT2D eigenvalue weighted by atomic mass is 10.0. The first-order valence-corrected chi connectivity index (χ1v) is 6.33. The molecule has 1 unspecified atom stereocenters. The molecule has 0 aromatic heterocycles. The van der Waals surface area contributed by atoms with Crippen LogP contribution in [0.3, 0.4) is 0 Å². The predicted octanol–water partition coefficient (Wildman–Crippen LogP) is 3.04. The summed E-state index contributed by atoms with van der Waals surface area (Å²) >= 11 is 4.45. The molecule has 1 nitrogen and oxygen atoms in total. The van der Waals surface area contributed by atoms with Crippen LogP contribution in [0, 0.1) is 0 Å². The topological polar surface area (TPSA) is 3.24 Å². The van der Waals surface area contributed by atoms with E-state index >= 15 is 0 Å². The van der Waals surface area contributed by atoms with Crippen LogP contribution in [0.25, 0.3) is 0 Å². The van der Waals surface area contributed by atoms with Gasteiger partial charge in [-0.2, -0.15) is 12.6 Å². The van der Waals surface area contributed by atoms with E-state index in [1.54, 1.807) is 0 Å². The number of thiol groups is 1. The van der Waals surface area contributed by atoms with Gasteiger partial charge in [0.1, 0.15) is 0 Å². The summed E-state index contributed by atoms with van der Waals surface area (Å²) in [5.41, 5.74) is 1.40. The molecule has 0 N–H and O–H groups in total. The monoisotopic (exact) mass is 223 g/mol. The fourth-order valence-corrected chi connectivity index (χ4v) is 2.11. The molecule has 1 rings (SSSR count). The van der Waals surface area contributed by atoms with Gasteiger partial charge in [-0.15, -0.1) is 0 Å². The number of nitrogens with zero attached hydrogens (tertiary/aromatic N) is 1. The quantitative estimate of drug-likeness (QED) is 0.726. The van der Waals surface area contributed by atoms with Crippen molar-refractivity contribution in [2.24, 2.45) is 0 Å². The van der Waals surface area contributed by atoms with E-state index in [4.69, 9.17) is 0 Å². The number of hydrogen-bond donors (Lipinski definition) is 1. The molecule has 0 aliphatic rings. The van der Waals surface area contributed by atoms with Gasteiger partial charge in [-0.25, -0.2) is 0 Å². The minimum atomic E-state index is 0.550. The summed E-state index contributed by atoms with van der Waals surface area (Å²) in [6, 6.07) is 10.7. The first-order chi connectivity index (χ1) is 7.31. The number of benzene rings is 1. The Bertz CT molecular complexity index is 256. The second kappa shape index (κ2) is 6.91. The average molecular weight is 223 g/mol. The van der Waals surface area contributed by atoms with Crippen LogP contribution in [0.15, 0.2) is 30.3 Å². The van der Waals surface area contributed by atoms with E-state index in [-0.39, 0.29) is 0 Å². The van der Waals surface area contributed by atoms with Crippen LogP contribution in [0.4, 0.5) is 0 Å². The van der Waals surface area contributed by atoms with Crippen molar-refractivity contribution in [3.8, 4) is 0 Å². The molecule has 0 radical (unpaired) electrons. The Balaban J connectivity index is 2.64. The molecular formula is C13H21NS. The van der Waals surface area contributed by atoms with E-state index < -0.39 is 0 Å². The highest BCUT2D eigenvalue weighted by molar-refractivity contribution is 7.80. The van der Waals surface area contributed by atoms with Crippen LogP contribution in [0.5, 0.6) is 0 Å². The van der Waals surface area contributed by atoms with E-state index in [9.17, 15) is 0 Å². The fraction of sp³-hybridized carbons (Fsp3) is 0.538. The maximum Gasteiger partial charge on any atom is 0.00579 e. The van der Waals surface area contributed by atoms with Gasteiger partial charge in [0.2, 0.25) is 0 Å². The van der Waals surface area contributed by atoms with Gasteiger partial charge in [-0.1, -0.05) is 44.2 Å². The van der Waals surface area contributed by atoms with E-state index in [0.717, 1.165) is 25.4 Å². The second-order valence-corrected chi connectivity index (χ2v) is 4.14. The Morgan fingerprint density at radius 2 is 1.73 bits per heavy atom. The summed E-state index contributed by atoms with van der Waals surface area (Å²) in [4.78, 5) is 2.45. The molecule has 0 saturated heterocycles. The first kappa shape index (κ1) is 12.6. The van der Waals surface area contributed by atoms with Crippen LogP contribution in [-0.2, 0) is 0 Å². The molecule has 0 bridgehead atoms. The van der Waals surface area contributed by atoms with Gasteiger partial charge in [0.25, 0.3) is 0 Å². The van der Waals surface area contributed by atoms with Gasteiger partial charge in [-0.3, -0.25) is 0 Å². The summed E-state index contributed by atoms with van der Waals surface area (Å²) in [7, 11) is 0. The van der Waals surface area contributed by atoms with Crippen molar-refractivity contribution in [1.29, 1.82) is 0 Å². The maximum absolute atomic E-state index is 4.45. The number of hydrogen-bond acceptors (Lipinski definition) is 2. The SMILES string of the molecule is CCN(CC)CC(CS)c1ccccc1. The van der Waals surface area contributed by atoms with Crippen molar-refractivity contribution in [2.75, 3.05) is 25.4 Å². The van der Waals surface area contributed by atoms with E-state index in [0.29, 0.717) is 5.92 Å². The lowest BCUT2D eigenvalue weighted by Crippen LogP contribution is -2.29. The molecule has 2 heteroatoms. The Morgan fingerprint density at radius 1 is 1.13 bits per heavy atom. The molecule has 0 aliphatic heterocycles. The average Bonchev–Trinajstić information content (AvgIpc) is 2.32. The highest BCUT2D eigenvalue weighted by Gasteiger charge is 2.12.